The molecular weight excluding hydrogens is 462 g/mol. The Labute approximate surface area is 221 Å². The molecule has 4 rings (SSSR count). The van der Waals surface area contributed by atoms with Gasteiger partial charge in [-0.2, -0.15) is 9.78 Å². The molecule has 198 valence electrons. The van der Waals surface area contributed by atoms with E-state index in [1.165, 1.54) is 5.56 Å². The molecule has 3 aromatic rings. The van der Waals surface area contributed by atoms with Crippen molar-refractivity contribution in [3.63, 3.8) is 0 Å². The Morgan fingerprint density at radius 2 is 1.76 bits per heavy atom. The number of aryl methyl sites for hydroxylation is 1. The Kier molecular flexibility index (Phi) is 14.0. The summed E-state index contributed by atoms with van der Waals surface area (Å²) >= 11 is 0. The first-order valence-corrected chi connectivity index (χ1v) is 12.3. The first kappa shape index (κ1) is 30.5. The monoisotopic (exact) mass is 503 g/mol. The molecule has 7 N–H and O–H groups in total. The molecule has 1 aromatic heterocycles. The van der Waals surface area contributed by atoms with Gasteiger partial charge < -0.3 is 32.1 Å². The molecule has 0 fully saturated rings. The van der Waals surface area contributed by atoms with Gasteiger partial charge in [-0.05, 0) is 24.1 Å². The molecule has 2 heterocycles. The number of benzene rings is 2. The van der Waals surface area contributed by atoms with E-state index in [0.717, 1.165) is 29.3 Å². The smallest absolute Gasteiger partial charge is 0.155 e. The molecule has 1 aliphatic heterocycles. The Morgan fingerprint density at radius 1 is 1.11 bits per heavy atom. The lowest BCUT2D eigenvalue weighted by Crippen LogP contribution is -2.32. The van der Waals surface area contributed by atoms with Crippen molar-refractivity contribution in [1.82, 2.24) is 20.4 Å². The number of aromatic hydroxyl groups is 1. The number of hydrogen-bond donors (Lipinski definition) is 6. The second kappa shape index (κ2) is 17.0. The maximum absolute atomic E-state index is 10.2. The van der Waals surface area contributed by atoms with Gasteiger partial charge in [-0.25, -0.2) is 0 Å². The summed E-state index contributed by atoms with van der Waals surface area (Å²) in [5.74, 6) is 2.34. The van der Waals surface area contributed by atoms with Gasteiger partial charge >= 0.3 is 0 Å². The average molecular weight is 504 g/mol. The molecular formula is C29H41N7O. The summed E-state index contributed by atoms with van der Waals surface area (Å²) in [7, 11) is 1.84. The van der Waals surface area contributed by atoms with Crippen LogP contribution in [-0.4, -0.2) is 35.0 Å². The maximum Gasteiger partial charge on any atom is 0.155 e. The Morgan fingerprint density at radius 3 is 2.32 bits per heavy atom. The molecule has 2 aromatic carbocycles. The van der Waals surface area contributed by atoms with Crippen LogP contribution >= 0.6 is 0 Å². The molecule has 0 spiro atoms. The van der Waals surface area contributed by atoms with Gasteiger partial charge in [0.2, 0.25) is 0 Å². The van der Waals surface area contributed by atoms with Gasteiger partial charge in [0.25, 0.3) is 0 Å². The minimum Gasteiger partial charge on any atom is -0.508 e. The lowest BCUT2D eigenvalue weighted by atomic mass is 10.0. The van der Waals surface area contributed by atoms with Crippen LogP contribution in [0.4, 0.5) is 11.5 Å². The number of aromatic nitrogens is 2. The highest BCUT2D eigenvalue weighted by Gasteiger charge is 2.24. The summed E-state index contributed by atoms with van der Waals surface area (Å²) in [4.78, 5) is 0. The van der Waals surface area contributed by atoms with E-state index in [1.807, 2.05) is 45.2 Å². The van der Waals surface area contributed by atoms with E-state index in [-0.39, 0.29) is 11.8 Å². The fourth-order valence-corrected chi connectivity index (χ4v) is 3.45. The van der Waals surface area contributed by atoms with Crippen LogP contribution in [-0.2, 0) is 6.42 Å². The quantitative estimate of drug-likeness (QED) is 0.195. The zero-order valence-corrected chi connectivity index (χ0v) is 22.3. The fraction of sp³-hybridized carbons (Fsp3) is 0.276. The zero-order valence-electron chi connectivity index (χ0n) is 22.3. The van der Waals surface area contributed by atoms with Crippen LogP contribution < -0.4 is 27.0 Å². The van der Waals surface area contributed by atoms with Crippen molar-refractivity contribution in [3.8, 4) is 18.6 Å². The highest BCUT2D eigenvalue weighted by Crippen LogP contribution is 2.36. The molecule has 1 aliphatic rings. The normalized spacial score (nSPS) is 12.7. The average Bonchev–Trinajstić information content (AvgIpc) is 3.37. The van der Waals surface area contributed by atoms with E-state index in [2.05, 4.69) is 77.0 Å². The summed E-state index contributed by atoms with van der Waals surface area (Å²) in [6.07, 6.45) is 12.9. The Bertz CT molecular complexity index is 1120. The summed E-state index contributed by atoms with van der Waals surface area (Å²) in [5.41, 5.74) is 8.59. The Balaban J connectivity index is 0.000000478. The van der Waals surface area contributed by atoms with E-state index in [4.69, 9.17) is 5.73 Å². The van der Waals surface area contributed by atoms with Crippen LogP contribution in [0.25, 0.3) is 5.82 Å². The third-order valence-corrected chi connectivity index (χ3v) is 5.19. The highest BCUT2D eigenvalue weighted by molar-refractivity contribution is 5.72. The van der Waals surface area contributed by atoms with Crippen LogP contribution in [0.1, 0.15) is 37.9 Å². The predicted octanol–water partition coefficient (Wildman–Crippen LogP) is 4.73. The molecule has 1 unspecified atom stereocenters. The van der Waals surface area contributed by atoms with E-state index in [9.17, 15) is 5.11 Å². The van der Waals surface area contributed by atoms with E-state index < -0.39 is 0 Å². The third kappa shape index (κ3) is 9.22. The lowest BCUT2D eigenvalue weighted by Gasteiger charge is -2.27. The maximum atomic E-state index is 10.2. The number of fused-ring (bicyclic) bond motifs is 1. The number of nitrogens with one attached hydrogen (secondary N) is 4. The molecule has 0 amide bonds. The minimum atomic E-state index is -0.183. The standard InChI is InChI=1S/C17H23N7O.C8H10.C2H6.C2H2/c1-11(18)20-7-8-21-16-9-13(12-5-3-4-6-15(12)25)23-17-14(19-2)10-22-24(16)17;1-2-8-6-4-3-5-7-8;2*1-2/h3-6,9-10,13,19-21,23,25H,1,7-8,18H2,2H3;3-7H,2H2,1H3;1-2H3;1-2H. The number of nitrogens with zero attached hydrogens (tertiary/aromatic N) is 2. The largest absolute Gasteiger partial charge is 0.508 e. The molecule has 8 heteroatoms. The van der Waals surface area contributed by atoms with E-state index >= 15 is 0 Å². The summed E-state index contributed by atoms with van der Waals surface area (Å²) in [5, 5.41) is 27.4. The molecule has 8 nitrogen and oxygen atoms in total. The number of nitrogens with two attached hydrogens (primary N) is 1. The molecule has 0 bridgehead atoms. The molecule has 0 radical (unpaired) electrons. The number of hydrogen-bond acceptors (Lipinski definition) is 7. The predicted molar refractivity (Wildman–Crippen MR) is 157 cm³/mol. The van der Waals surface area contributed by atoms with Crippen LogP contribution in [0.2, 0.25) is 0 Å². The topological polar surface area (TPSA) is 112 Å². The molecule has 1 atom stereocenters. The minimum absolute atomic E-state index is 0.183. The van der Waals surface area contributed by atoms with Crippen molar-refractivity contribution in [2.45, 2.75) is 33.2 Å². The molecule has 0 saturated carbocycles. The number of terminal acetylenes is 1. The summed E-state index contributed by atoms with van der Waals surface area (Å²) in [6, 6.07) is 17.6. The number of para-hydroxylation sites is 1. The van der Waals surface area contributed by atoms with Crippen LogP contribution in [0.15, 0.2) is 79.3 Å². The van der Waals surface area contributed by atoms with Crippen LogP contribution in [0, 0.1) is 12.8 Å². The van der Waals surface area contributed by atoms with Gasteiger partial charge in [0.05, 0.1) is 23.7 Å². The van der Waals surface area contributed by atoms with E-state index in [1.54, 1.807) is 23.0 Å². The number of phenols is 1. The fourth-order valence-electron chi connectivity index (χ4n) is 3.45. The summed E-state index contributed by atoms with van der Waals surface area (Å²) < 4.78 is 1.79. The molecule has 0 aliphatic carbocycles. The van der Waals surface area contributed by atoms with Gasteiger partial charge in [-0.3, -0.25) is 0 Å². The van der Waals surface area contributed by atoms with Gasteiger partial charge in [-0.1, -0.05) is 75.9 Å². The van der Waals surface area contributed by atoms with Crippen molar-refractivity contribution in [1.29, 1.82) is 0 Å². The summed E-state index contributed by atoms with van der Waals surface area (Å²) in [6.45, 7) is 11.1. The van der Waals surface area contributed by atoms with E-state index in [0.29, 0.717) is 18.9 Å². The van der Waals surface area contributed by atoms with Crippen molar-refractivity contribution in [3.05, 3.63) is 90.4 Å². The first-order valence-electron chi connectivity index (χ1n) is 12.3. The zero-order chi connectivity index (χ0) is 27.6. The van der Waals surface area contributed by atoms with Crippen molar-refractivity contribution in [2.24, 2.45) is 5.73 Å². The first-order chi connectivity index (χ1) is 18.0. The van der Waals surface area contributed by atoms with Gasteiger partial charge in [0, 0.05) is 25.7 Å². The molecule has 0 saturated heterocycles. The van der Waals surface area contributed by atoms with Crippen LogP contribution in [0.3, 0.4) is 0 Å². The lowest BCUT2D eigenvalue weighted by molar-refractivity contribution is 0.466. The van der Waals surface area contributed by atoms with Crippen LogP contribution in [0.5, 0.6) is 5.75 Å². The van der Waals surface area contributed by atoms with Crippen molar-refractivity contribution < 1.29 is 5.11 Å². The number of phenolic OH excluding ortho intramolecular Hbond substituents is 1. The molecule has 37 heavy (non-hydrogen) atoms. The van der Waals surface area contributed by atoms with Gasteiger partial charge in [0.1, 0.15) is 11.6 Å². The van der Waals surface area contributed by atoms with Crippen molar-refractivity contribution >= 4 is 17.3 Å². The number of anilines is 2. The number of rotatable bonds is 8. The third-order valence-electron chi connectivity index (χ3n) is 5.19. The second-order valence-electron chi connectivity index (χ2n) is 7.52. The Hall–Kier alpha value is -4.51. The highest BCUT2D eigenvalue weighted by atomic mass is 16.3. The second-order valence-corrected chi connectivity index (χ2v) is 7.52. The van der Waals surface area contributed by atoms with Gasteiger partial charge in [-0.15, -0.1) is 12.8 Å². The van der Waals surface area contributed by atoms with Gasteiger partial charge in [0.15, 0.2) is 5.82 Å². The van der Waals surface area contributed by atoms with Crippen molar-refractivity contribution in [2.75, 3.05) is 30.8 Å². The SMILES string of the molecule is C#C.C=C(N)NCCNC1=CC(c2ccccc2O)Nc2c(NC)cnn21.CC.CCc1ccccc1.